The number of fused-ring (bicyclic) bond motifs is 1. The second kappa shape index (κ2) is 2.91. The quantitative estimate of drug-likeness (QED) is 0.454. The molecule has 0 saturated carbocycles. The van der Waals surface area contributed by atoms with Gasteiger partial charge in [0.2, 0.25) is 0 Å². The molecule has 1 aromatic carbocycles. The number of hydrogen-bond donors (Lipinski definition) is 0. The summed E-state index contributed by atoms with van der Waals surface area (Å²) in [5.41, 5.74) is 2.53. The van der Waals surface area contributed by atoms with Crippen molar-refractivity contribution in [3.63, 3.8) is 0 Å². The van der Waals surface area contributed by atoms with Crippen LogP contribution < -0.4 is 5.46 Å². The Morgan fingerprint density at radius 3 is 3.27 bits per heavy atom. The highest BCUT2D eigenvalue weighted by molar-refractivity contribution is 7.98. The minimum absolute atomic E-state index is 0.740. The fourth-order valence-corrected chi connectivity index (χ4v) is 1.61. The lowest BCUT2D eigenvalue weighted by Gasteiger charge is -1.98. The minimum atomic E-state index is 0.740. The second-order valence-corrected chi connectivity index (χ2v) is 3.37. The third-order valence-electron chi connectivity index (χ3n) is 1.80. The molecule has 0 saturated heterocycles. The van der Waals surface area contributed by atoms with E-state index in [2.05, 4.69) is 24.5 Å². The molecule has 1 aliphatic rings. The van der Waals surface area contributed by atoms with Gasteiger partial charge in [-0.3, -0.25) is 0 Å². The Labute approximate surface area is 71.4 Å². The molecule has 1 nitrogen and oxygen atoms in total. The molecule has 0 bridgehead atoms. The van der Waals surface area contributed by atoms with Gasteiger partial charge in [-0.05, 0) is 23.3 Å². The Balaban J connectivity index is 2.41. The molecule has 0 spiro atoms. The van der Waals surface area contributed by atoms with Crippen molar-refractivity contribution in [2.75, 3.05) is 6.26 Å². The summed E-state index contributed by atoms with van der Waals surface area (Å²) in [6.07, 6.45) is 2.08. The average Bonchev–Trinajstić information content (AvgIpc) is 2.50. The van der Waals surface area contributed by atoms with E-state index in [4.69, 9.17) is 4.65 Å². The summed E-state index contributed by atoms with van der Waals surface area (Å²) in [5, 5.41) is 0. The summed E-state index contributed by atoms with van der Waals surface area (Å²) in [6.45, 7) is 0.740. The molecule has 0 aliphatic carbocycles. The van der Waals surface area contributed by atoms with Crippen LogP contribution in [0.4, 0.5) is 0 Å². The Kier molecular flexibility index (Phi) is 1.92. The van der Waals surface area contributed by atoms with Crippen LogP contribution in [-0.2, 0) is 11.3 Å². The fraction of sp³-hybridized carbons (Fsp3) is 0.250. The molecule has 0 atom stereocenters. The zero-order chi connectivity index (χ0) is 7.68. The lowest BCUT2D eigenvalue weighted by Crippen LogP contribution is -2.10. The van der Waals surface area contributed by atoms with Gasteiger partial charge in [-0.2, -0.15) is 0 Å². The van der Waals surface area contributed by atoms with Crippen LogP contribution in [0.2, 0.25) is 0 Å². The van der Waals surface area contributed by atoms with E-state index in [-0.39, 0.29) is 0 Å². The van der Waals surface area contributed by atoms with Crippen molar-refractivity contribution < 1.29 is 4.65 Å². The molecule has 1 heterocycles. The number of thioether (sulfide) groups is 1. The molecular formula is C8H8BOS. The minimum Gasteiger partial charge on any atom is -0.430 e. The first-order valence-electron chi connectivity index (χ1n) is 3.52. The topological polar surface area (TPSA) is 9.23 Å². The predicted octanol–water partition coefficient (Wildman–Crippen LogP) is 1.18. The normalized spacial score (nSPS) is 14.3. The Bertz CT molecular complexity index is 275. The van der Waals surface area contributed by atoms with Crippen LogP contribution >= 0.6 is 11.8 Å². The van der Waals surface area contributed by atoms with Gasteiger partial charge in [-0.1, -0.05) is 12.1 Å². The molecular weight excluding hydrogens is 155 g/mol. The van der Waals surface area contributed by atoms with Crippen LogP contribution in [0.3, 0.4) is 0 Å². The fourth-order valence-electron chi connectivity index (χ4n) is 1.16. The Hall–Kier alpha value is -0.405. The lowest BCUT2D eigenvalue weighted by molar-refractivity contribution is 0.345. The average molecular weight is 163 g/mol. The zero-order valence-electron chi connectivity index (χ0n) is 6.33. The smallest absolute Gasteiger partial charge is 0.330 e. The summed E-state index contributed by atoms with van der Waals surface area (Å²) in [7, 11) is 1.83. The molecule has 2 rings (SSSR count). The van der Waals surface area contributed by atoms with Gasteiger partial charge >= 0.3 is 7.48 Å². The maximum atomic E-state index is 5.18. The van der Waals surface area contributed by atoms with Gasteiger partial charge in [0.05, 0.1) is 6.61 Å². The highest BCUT2D eigenvalue weighted by Crippen LogP contribution is 2.15. The first kappa shape index (κ1) is 7.26. The molecule has 0 aromatic heterocycles. The maximum absolute atomic E-state index is 5.18. The van der Waals surface area contributed by atoms with Gasteiger partial charge in [-0.25, -0.2) is 0 Å². The summed E-state index contributed by atoms with van der Waals surface area (Å²) in [5.74, 6) is 0. The van der Waals surface area contributed by atoms with Crippen LogP contribution in [0.25, 0.3) is 0 Å². The predicted molar refractivity (Wildman–Crippen MR) is 48.4 cm³/mol. The van der Waals surface area contributed by atoms with E-state index in [9.17, 15) is 0 Å². The third kappa shape index (κ3) is 1.30. The SMILES string of the molecule is CSc1ccc2c(c1)[B]OC2. The molecule has 0 amide bonds. The molecule has 0 unspecified atom stereocenters. The third-order valence-corrected chi connectivity index (χ3v) is 2.53. The largest absolute Gasteiger partial charge is 0.430 e. The Morgan fingerprint density at radius 2 is 2.45 bits per heavy atom. The monoisotopic (exact) mass is 163 g/mol. The van der Waals surface area contributed by atoms with Crippen molar-refractivity contribution in [3.05, 3.63) is 23.8 Å². The van der Waals surface area contributed by atoms with Crippen molar-refractivity contribution in [1.29, 1.82) is 0 Å². The van der Waals surface area contributed by atoms with Crippen LogP contribution in [0.15, 0.2) is 23.1 Å². The van der Waals surface area contributed by atoms with Gasteiger partial charge < -0.3 is 4.65 Å². The van der Waals surface area contributed by atoms with Gasteiger partial charge in [0.25, 0.3) is 0 Å². The molecule has 1 aliphatic heterocycles. The molecule has 11 heavy (non-hydrogen) atoms. The molecule has 1 aromatic rings. The van der Waals surface area contributed by atoms with E-state index in [1.54, 1.807) is 11.8 Å². The van der Waals surface area contributed by atoms with E-state index in [0.29, 0.717) is 0 Å². The van der Waals surface area contributed by atoms with E-state index in [1.807, 2.05) is 7.48 Å². The van der Waals surface area contributed by atoms with Crippen LogP contribution in [0.5, 0.6) is 0 Å². The number of benzene rings is 1. The van der Waals surface area contributed by atoms with E-state index in [0.717, 1.165) is 6.61 Å². The van der Waals surface area contributed by atoms with Crippen molar-refractivity contribution in [3.8, 4) is 0 Å². The van der Waals surface area contributed by atoms with Gasteiger partial charge in [-0.15, -0.1) is 11.8 Å². The lowest BCUT2D eigenvalue weighted by atomic mass is 9.88. The summed E-state index contributed by atoms with van der Waals surface area (Å²) < 4.78 is 5.18. The second-order valence-electron chi connectivity index (χ2n) is 2.49. The standard InChI is InChI=1S/C8H8BOS/c1-11-7-3-2-6-5-10-9-8(6)4-7/h2-4H,5H2,1H3. The molecule has 55 valence electrons. The highest BCUT2D eigenvalue weighted by atomic mass is 32.2. The highest BCUT2D eigenvalue weighted by Gasteiger charge is 2.12. The summed E-state index contributed by atoms with van der Waals surface area (Å²) >= 11 is 1.76. The summed E-state index contributed by atoms with van der Waals surface area (Å²) in [4.78, 5) is 1.30. The van der Waals surface area contributed by atoms with Gasteiger partial charge in [0, 0.05) is 4.90 Å². The van der Waals surface area contributed by atoms with Crippen LogP contribution in [-0.4, -0.2) is 13.7 Å². The van der Waals surface area contributed by atoms with Gasteiger partial charge in [0.15, 0.2) is 0 Å². The van der Waals surface area contributed by atoms with Crippen LogP contribution in [0.1, 0.15) is 5.56 Å². The van der Waals surface area contributed by atoms with Crippen molar-refractivity contribution in [2.24, 2.45) is 0 Å². The summed E-state index contributed by atoms with van der Waals surface area (Å²) in [6, 6.07) is 6.42. The van der Waals surface area contributed by atoms with E-state index in [1.165, 1.54) is 15.9 Å². The van der Waals surface area contributed by atoms with Crippen LogP contribution in [0, 0.1) is 0 Å². The van der Waals surface area contributed by atoms with E-state index >= 15 is 0 Å². The van der Waals surface area contributed by atoms with Crippen molar-refractivity contribution >= 4 is 24.7 Å². The first-order chi connectivity index (χ1) is 5.40. The number of rotatable bonds is 1. The molecule has 0 fully saturated rings. The van der Waals surface area contributed by atoms with Crippen molar-refractivity contribution in [2.45, 2.75) is 11.5 Å². The Morgan fingerprint density at radius 1 is 1.55 bits per heavy atom. The molecule has 0 N–H and O–H groups in total. The van der Waals surface area contributed by atoms with E-state index < -0.39 is 0 Å². The van der Waals surface area contributed by atoms with Gasteiger partial charge in [0.1, 0.15) is 0 Å². The van der Waals surface area contributed by atoms with Crippen molar-refractivity contribution in [1.82, 2.24) is 0 Å². The number of hydrogen-bond acceptors (Lipinski definition) is 2. The zero-order valence-corrected chi connectivity index (χ0v) is 7.15. The molecule has 3 heteroatoms. The maximum Gasteiger partial charge on any atom is 0.330 e. The first-order valence-corrected chi connectivity index (χ1v) is 4.74. The molecule has 1 radical (unpaired) electrons.